The number of hydrogen-bond acceptors (Lipinski definition) is 2. The molecular formula is C25H40N2O. The molecule has 1 aromatic rings. The SMILES string of the molecule is C=CC1=C(/C=C(\C)c2ccc(=O)n(C)c2)CCCN1C.CCCCCCCC. The molecule has 0 radical (unpaired) electrons. The van der Waals surface area contributed by atoms with E-state index in [0.717, 1.165) is 18.5 Å². The number of unbranched alkanes of at least 4 members (excludes halogenated alkanes) is 5. The number of nitrogens with zero attached hydrogens (tertiary/aromatic N) is 2. The molecule has 3 heteroatoms. The highest BCUT2D eigenvalue weighted by Crippen LogP contribution is 2.25. The molecule has 156 valence electrons. The van der Waals surface area contributed by atoms with Crippen molar-refractivity contribution in [2.45, 2.75) is 72.1 Å². The second-order valence-corrected chi connectivity index (χ2v) is 7.75. The molecule has 0 spiro atoms. The van der Waals surface area contributed by atoms with Crippen molar-refractivity contribution in [1.29, 1.82) is 0 Å². The van der Waals surface area contributed by atoms with Crippen LogP contribution in [0.4, 0.5) is 0 Å². The molecule has 0 aromatic carbocycles. The van der Waals surface area contributed by atoms with E-state index in [0.29, 0.717) is 0 Å². The van der Waals surface area contributed by atoms with Gasteiger partial charge in [0.15, 0.2) is 0 Å². The molecule has 1 aliphatic heterocycles. The summed E-state index contributed by atoms with van der Waals surface area (Å²) >= 11 is 0. The molecule has 0 unspecified atom stereocenters. The number of hydrogen-bond donors (Lipinski definition) is 0. The molecule has 2 heterocycles. The van der Waals surface area contributed by atoms with Gasteiger partial charge in [0.2, 0.25) is 5.56 Å². The van der Waals surface area contributed by atoms with Crippen molar-refractivity contribution >= 4 is 5.57 Å². The first-order valence-corrected chi connectivity index (χ1v) is 10.9. The highest BCUT2D eigenvalue weighted by atomic mass is 16.1. The van der Waals surface area contributed by atoms with Gasteiger partial charge in [0.1, 0.15) is 0 Å². The van der Waals surface area contributed by atoms with Crippen LogP contribution in [0.2, 0.25) is 0 Å². The van der Waals surface area contributed by atoms with E-state index in [2.05, 4.69) is 45.4 Å². The van der Waals surface area contributed by atoms with Gasteiger partial charge in [-0.1, -0.05) is 65.0 Å². The Morgan fingerprint density at radius 2 is 1.75 bits per heavy atom. The molecule has 1 aliphatic rings. The lowest BCUT2D eigenvalue weighted by atomic mass is 9.98. The first-order chi connectivity index (χ1) is 13.4. The number of rotatable bonds is 8. The third-order valence-corrected chi connectivity index (χ3v) is 5.26. The van der Waals surface area contributed by atoms with Gasteiger partial charge in [0.25, 0.3) is 0 Å². The van der Waals surface area contributed by atoms with Gasteiger partial charge >= 0.3 is 0 Å². The van der Waals surface area contributed by atoms with Crippen LogP contribution >= 0.6 is 0 Å². The summed E-state index contributed by atoms with van der Waals surface area (Å²) in [5.41, 5.74) is 4.80. The summed E-state index contributed by atoms with van der Waals surface area (Å²) in [4.78, 5) is 13.7. The van der Waals surface area contributed by atoms with Crippen molar-refractivity contribution in [3.63, 3.8) is 0 Å². The average Bonchev–Trinajstić information content (AvgIpc) is 2.68. The topological polar surface area (TPSA) is 25.2 Å². The van der Waals surface area contributed by atoms with Gasteiger partial charge < -0.3 is 9.47 Å². The highest BCUT2D eigenvalue weighted by Gasteiger charge is 2.13. The summed E-state index contributed by atoms with van der Waals surface area (Å²) in [7, 11) is 3.88. The van der Waals surface area contributed by atoms with Crippen molar-refractivity contribution in [1.82, 2.24) is 9.47 Å². The van der Waals surface area contributed by atoms with Crippen LogP contribution in [-0.4, -0.2) is 23.1 Å². The van der Waals surface area contributed by atoms with E-state index in [1.165, 1.54) is 61.8 Å². The average molecular weight is 385 g/mol. The number of pyridine rings is 1. The minimum atomic E-state index is 0.0185. The summed E-state index contributed by atoms with van der Waals surface area (Å²) < 4.78 is 1.61. The van der Waals surface area contributed by atoms with Crippen molar-refractivity contribution in [2.24, 2.45) is 7.05 Å². The molecule has 0 atom stereocenters. The van der Waals surface area contributed by atoms with E-state index in [9.17, 15) is 4.79 Å². The molecule has 0 aliphatic carbocycles. The molecule has 0 saturated carbocycles. The second-order valence-electron chi connectivity index (χ2n) is 7.75. The van der Waals surface area contributed by atoms with Gasteiger partial charge in [0.05, 0.1) is 0 Å². The van der Waals surface area contributed by atoms with Crippen molar-refractivity contribution in [2.75, 3.05) is 13.6 Å². The maximum Gasteiger partial charge on any atom is 0.250 e. The summed E-state index contributed by atoms with van der Waals surface area (Å²) in [6.07, 6.45) is 16.8. The van der Waals surface area contributed by atoms with E-state index >= 15 is 0 Å². The van der Waals surface area contributed by atoms with Crippen molar-refractivity contribution in [3.8, 4) is 0 Å². The zero-order valence-electron chi connectivity index (χ0n) is 18.8. The molecule has 1 aromatic heterocycles. The maximum atomic E-state index is 11.4. The molecule has 0 saturated heterocycles. The normalized spacial score (nSPS) is 14.6. The van der Waals surface area contributed by atoms with Crippen LogP contribution in [0.15, 0.2) is 53.1 Å². The Balaban J connectivity index is 0.000000416. The predicted octanol–water partition coefficient (Wildman–Crippen LogP) is 6.32. The van der Waals surface area contributed by atoms with Crippen LogP contribution in [0.1, 0.15) is 77.7 Å². The van der Waals surface area contributed by atoms with Gasteiger partial charge in [-0.25, -0.2) is 0 Å². The van der Waals surface area contributed by atoms with Gasteiger partial charge in [0, 0.05) is 38.6 Å². The third kappa shape index (κ3) is 7.92. The van der Waals surface area contributed by atoms with E-state index < -0.39 is 0 Å². The van der Waals surface area contributed by atoms with Crippen LogP contribution in [0.5, 0.6) is 0 Å². The van der Waals surface area contributed by atoms with E-state index in [1.807, 2.05) is 18.3 Å². The monoisotopic (exact) mass is 384 g/mol. The second kappa shape index (κ2) is 13.2. The van der Waals surface area contributed by atoms with Crippen LogP contribution < -0.4 is 5.56 Å². The molecule has 0 fully saturated rings. The quantitative estimate of drug-likeness (QED) is 0.490. The van der Waals surface area contributed by atoms with Crippen molar-refractivity contribution < 1.29 is 0 Å². The fraction of sp³-hybridized carbons (Fsp3) is 0.560. The zero-order valence-corrected chi connectivity index (χ0v) is 18.8. The summed E-state index contributed by atoms with van der Waals surface area (Å²) in [5.74, 6) is 0. The lowest BCUT2D eigenvalue weighted by Crippen LogP contribution is -2.23. The van der Waals surface area contributed by atoms with Crippen LogP contribution in [0.25, 0.3) is 5.57 Å². The summed E-state index contributed by atoms with van der Waals surface area (Å²) in [6.45, 7) is 11.6. The van der Waals surface area contributed by atoms with Crippen LogP contribution in [-0.2, 0) is 7.05 Å². The first-order valence-electron chi connectivity index (χ1n) is 10.9. The van der Waals surface area contributed by atoms with Gasteiger partial charge in [-0.05, 0) is 48.6 Å². The first kappa shape index (κ1) is 24.0. The van der Waals surface area contributed by atoms with E-state index in [-0.39, 0.29) is 5.56 Å². The standard InChI is InChI=1S/C17H22N2O.C8H18/c1-5-16-14(7-6-10-18(16)3)11-13(2)15-8-9-17(20)19(4)12-15;1-3-5-7-8-6-4-2/h5,8-9,11-12H,1,6-7,10H2,2-4H3;3-8H2,1-2H3/b13-11+;. The Morgan fingerprint density at radius 1 is 1.11 bits per heavy atom. The van der Waals surface area contributed by atoms with E-state index in [4.69, 9.17) is 0 Å². The third-order valence-electron chi connectivity index (χ3n) is 5.26. The Bertz CT molecular complexity index is 718. The molecule has 3 nitrogen and oxygen atoms in total. The molecule has 0 N–H and O–H groups in total. The summed E-state index contributed by atoms with van der Waals surface area (Å²) in [5, 5.41) is 0. The summed E-state index contributed by atoms with van der Waals surface area (Å²) in [6, 6.07) is 3.50. The lowest BCUT2D eigenvalue weighted by molar-refractivity contribution is 0.394. The predicted molar refractivity (Wildman–Crippen MR) is 123 cm³/mol. The number of likely N-dealkylation sites (N-methyl/N-ethyl adjacent to an activating group) is 1. The number of aromatic nitrogens is 1. The van der Waals surface area contributed by atoms with Gasteiger partial charge in [-0.3, -0.25) is 4.79 Å². The Labute approximate surface area is 172 Å². The minimum absolute atomic E-state index is 0.0185. The molecule has 2 rings (SSSR count). The van der Waals surface area contributed by atoms with Crippen molar-refractivity contribution in [3.05, 3.63) is 64.2 Å². The highest BCUT2D eigenvalue weighted by molar-refractivity contribution is 5.66. The Kier molecular flexibility index (Phi) is 11.3. The van der Waals surface area contributed by atoms with Crippen LogP contribution in [0.3, 0.4) is 0 Å². The van der Waals surface area contributed by atoms with E-state index in [1.54, 1.807) is 17.7 Å². The lowest BCUT2D eigenvalue weighted by Gasteiger charge is -2.28. The Hall–Kier alpha value is -2.03. The molecule has 0 amide bonds. The Morgan fingerprint density at radius 3 is 2.29 bits per heavy atom. The molecular weight excluding hydrogens is 344 g/mol. The number of aryl methyl sites for hydroxylation is 1. The molecule has 0 bridgehead atoms. The minimum Gasteiger partial charge on any atom is -0.374 e. The van der Waals surface area contributed by atoms with Gasteiger partial charge in [-0.2, -0.15) is 0 Å². The maximum absolute atomic E-state index is 11.4. The fourth-order valence-electron chi connectivity index (χ4n) is 3.46. The number of allylic oxidation sites excluding steroid dienone is 4. The van der Waals surface area contributed by atoms with Crippen LogP contribution in [0, 0.1) is 0 Å². The molecule has 28 heavy (non-hydrogen) atoms. The largest absolute Gasteiger partial charge is 0.374 e. The zero-order chi connectivity index (χ0) is 20.9. The van der Waals surface area contributed by atoms with Gasteiger partial charge in [-0.15, -0.1) is 0 Å². The smallest absolute Gasteiger partial charge is 0.250 e. The fourth-order valence-corrected chi connectivity index (χ4v) is 3.46.